The Labute approximate surface area is 81.0 Å². The van der Waals surface area contributed by atoms with Crippen LogP contribution in [0.3, 0.4) is 0 Å². The summed E-state index contributed by atoms with van der Waals surface area (Å²) >= 11 is 0. The van der Waals surface area contributed by atoms with Crippen LogP contribution in [0.2, 0.25) is 0 Å². The van der Waals surface area contributed by atoms with Crippen molar-refractivity contribution in [2.75, 3.05) is 0 Å². The van der Waals surface area contributed by atoms with Crippen LogP contribution in [0.25, 0.3) is 0 Å². The third-order valence-corrected chi connectivity index (χ3v) is 3.29. The predicted octanol–water partition coefficient (Wildman–Crippen LogP) is 3.98. The number of hydrogen-bond acceptors (Lipinski definition) is 0. The van der Waals surface area contributed by atoms with Crippen LogP contribution >= 0.6 is 0 Å². The average Bonchev–Trinajstić information content (AvgIpc) is 2.20. The molecular weight excluding hydrogens is 156 g/mol. The highest BCUT2D eigenvalue weighted by Crippen LogP contribution is 2.35. The van der Waals surface area contributed by atoms with Gasteiger partial charge in [0.1, 0.15) is 0 Å². The zero-order valence-electron chi connectivity index (χ0n) is 8.37. The van der Waals surface area contributed by atoms with Crippen molar-refractivity contribution < 1.29 is 0 Å². The van der Waals surface area contributed by atoms with Crippen LogP contribution < -0.4 is 0 Å². The van der Waals surface area contributed by atoms with E-state index in [2.05, 4.69) is 37.3 Å². The second kappa shape index (κ2) is 3.95. The van der Waals surface area contributed by atoms with Crippen LogP contribution in [0.4, 0.5) is 0 Å². The molecule has 1 aromatic carbocycles. The van der Waals surface area contributed by atoms with Crippen LogP contribution in [-0.4, -0.2) is 0 Å². The summed E-state index contributed by atoms with van der Waals surface area (Å²) in [5, 5.41) is 0. The second-order valence-electron chi connectivity index (χ2n) is 4.37. The first-order valence-corrected chi connectivity index (χ1v) is 5.41. The van der Waals surface area contributed by atoms with Crippen molar-refractivity contribution in [3.05, 3.63) is 35.9 Å². The summed E-state index contributed by atoms with van der Waals surface area (Å²) in [7, 11) is 0. The van der Waals surface area contributed by atoms with Gasteiger partial charge in [0.05, 0.1) is 0 Å². The number of rotatable bonds is 1. The zero-order valence-corrected chi connectivity index (χ0v) is 8.37. The fourth-order valence-electron chi connectivity index (χ4n) is 2.32. The molecule has 1 aliphatic carbocycles. The van der Waals surface area contributed by atoms with Gasteiger partial charge in [-0.25, -0.2) is 0 Å². The highest BCUT2D eigenvalue weighted by atomic mass is 14.2. The molecule has 1 aromatic rings. The molecule has 0 heterocycles. The van der Waals surface area contributed by atoms with Gasteiger partial charge in [0.2, 0.25) is 0 Å². The van der Waals surface area contributed by atoms with Crippen LogP contribution in [0.1, 0.15) is 44.1 Å². The Kier molecular flexibility index (Phi) is 2.68. The Morgan fingerprint density at radius 1 is 0.923 bits per heavy atom. The Morgan fingerprint density at radius 2 is 1.54 bits per heavy atom. The number of hydrogen-bond donors (Lipinski definition) is 0. The summed E-state index contributed by atoms with van der Waals surface area (Å²) in [6.45, 7) is 2.38. The second-order valence-corrected chi connectivity index (χ2v) is 4.37. The molecule has 0 aliphatic heterocycles. The minimum atomic E-state index is 0.845. The molecule has 13 heavy (non-hydrogen) atoms. The van der Waals surface area contributed by atoms with Crippen molar-refractivity contribution in [3.63, 3.8) is 0 Å². The monoisotopic (exact) mass is 174 g/mol. The van der Waals surface area contributed by atoms with Gasteiger partial charge in [0.25, 0.3) is 0 Å². The lowest BCUT2D eigenvalue weighted by atomic mass is 9.79. The molecule has 0 heteroatoms. The van der Waals surface area contributed by atoms with E-state index in [0.717, 1.165) is 11.8 Å². The van der Waals surface area contributed by atoms with E-state index >= 15 is 0 Å². The first kappa shape index (κ1) is 8.80. The Balaban J connectivity index is 2.03. The van der Waals surface area contributed by atoms with Gasteiger partial charge >= 0.3 is 0 Å². The smallest absolute Gasteiger partial charge is 0.0162 e. The summed E-state index contributed by atoms with van der Waals surface area (Å²) in [5.41, 5.74) is 1.55. The largest absolute Gasteiger partial charge is 0.0625 e. The van der Waals surface area contributed by atoms with Crippen LogP contribution in [-0.2, 0) is 0 Å². The van der Waals surface area contributed by atoms with Gasteiger partial charge in [-0.15, -0.1) is 0 Å². The van der Waals surface area contributed by atoms with Gasteiger partial charge in [-0.2, -0.15) is 0 Å². The van der Waals surface area contributed by atoms with Crippen molar-refractivity contribution in [2.45, 2.75) is 38.5 Å². The quantitative estimate of drug-likeness (QED) is 0.604. The van der Waals surface area contributed by atoms with E-state index in [0.29, 0.717) is 0 Å². The normalized spacial score (nSPS) is 28.7. The van der Waals surface area contributed by atoms with E-state index in [4.69, 9.17) is 0 Å². The lowest BCUT2D eigenvalue weighted by molar-refractivity contribution is 0.348. The molecule has 0 saturated heterocycles. The molecule has 1 aliphatic rings. The molecule has 1 fully saturated rings. The zero-order chi connectivity index (χ0) is 9.10. The Bertz CT molecular complexity index is 242. The van der Waals surface area contributed by atoms with Gasteiger partial charge in [-0.05, 0) is 30.2 Å². The summed E-state index contributed by atoms with van der Waals surface area (Å²) in [5.74, 6) is 1.80. The molecule has 2 rings (SSSR count). The molecule has 0 spiro atoms. The molecule has 0 unspecified atom stereocenters. The molecule has 1 saturated carbocycles. The van der Waals surface area contributed by atoms with Gasteiger partial charge in [-0.3, -0.25) is 0 Å². The van der Waals surface area contributed by atoms with Crippen molar-refractivity contribution in [1.82, 2.24) is 0 Å². The van der Waals surface area contributed by atoms with Crippen molar-refractivity contribution in [1.29, 1.82) is 0 Å². The standard InChI is InChI=1S/C13H18/c1-11-7-9-13(10-8-11)12-5-3-2-4-6-12/h2-6,11,13H,7-10H2,1H3. The van der Waals surface area contributed by atoms with E-state index < -0.39 is 0 Å². The maximum atomic E-state index is 2.38. The average molecular weight is 174 g/mol. The molecule has 70 valence electrons. The number of benzene rings is 1. The molecule has 0 bridgehead atoms. The van der Waals surface area contributed by atoms with Crippen LogP contribution in [0.5, 0.6) is 0 Å². The molecule has 0 nitrogen and oxygen atoms in total. The topological polar surface area (TPSA) is 0 Å². The Hall–Kier alpha value is -0.780. The lowest BCUT2D eigenvalue weighted by Gasteiger charge is -2.26. The van der Waals surface area contributed by atoms with E-state index in [1.807, 2.05) is 0 Å². The molecular formula is C13H18. The highest BCUT2D eigenvalue weighted by molar-refractivity contribution is 5.19. The van der Waals surface area contributed by atoms with Gasteiger partial charge in [-0.1, -0.05) is 50.1 Å². The first-order valence-electron chi connectivity index (χ1n) is 5.41. The summed E-state index contributed by atoms with van der Waals surface area (Å²) in [6, 6.07) is 11.0. The van der Waals surface area contributed by atoms with E-state index in [1.165, 1.54) is 25.7 Å². The van der Waals surface area contributed by atoms with Crippen LogP contribution in [0.15, 0.2) is 30.3 Å². The molecule has 0 radical (unpaired) electrons. The predicted molar refractivity (Wildman–Crippen MR) is 56.8 cm³/mol. The van der Waals surface area contributed by atoms with Crippen molar-refractivity contribution in [2.24, 2.45) is 5.92 Å². The minimum Gasteiger partial charge on any atom is -0.0625 e. The highest BCUT2D eigenvalue weighted by Gasteiger charge is 2.18. The maximum Gasteiger partial charge on any atom is -0.0162 e. The lowest BCUT2D eigenvalue weighted by Crippen LogP contribution is -2.10. The van der Waals surface area contributed by atoms with Crippen molar-refractivity contribution >= 4 is 0 Å². The molecule has 0 atom stereocenters. The molecule has 0 amide bonds. The third kappa shape index (κ3) is 2.12. The van der Waals surface area contributed by atoms with E-state index in [9.17, 15) is 0 Å². The van der Waals surface area contributed by atoms with Crippen molar-refractivity contribution in [3.8, 4) is 0 Å². The van der Waals surface area contributed by atoms with E-state index in [1.54, 1.807) is 5.56 Å². The van der Waals surface area contributed by atoms with E-state index in [-0.39, 0.29) is 0 Å². The maximum absolute atomic E-state index is 2.38. The molecule has 0 N–H and O–H groups in total. The summed E-state index contributed by atoms with van der Waals surface area (Å²) < 4.78 is 0. The minimum absolute atomic E-state index is 0.845. The van der Waals surface area contributed by atoms with Crippen LogP contribution in [0, 0.1) is 5.92 Å². The Morgan fingerprint density at radius 3 is 2.15 bits per heavy atom. The van der Waals surface area contributed by atoms with Gasteiger partial charge in [0.15, 0.2) is 0 Å². The fourth-order valence-corrected chi connectivity index (χ4v) is 2.32. The SMILES string of the molecule is CC1CCC(c2ccccc2)CC1. The fraction of sp³-hybridized carbons (Fsp3) is 0.538. The molecule has 0 aromatic heterocycles. The summed E-state index contributed by atoms with van der Waals surface area (Å²) in [4.78, 5) is 0. The van der Waals surface area contributed by atoms with Gasteiger partial charge in [0, 0.05) is 0 Å². The third-order valence-electron chi connectivity index (χ3n) is 3.29. The van der Waals surface area contributed by atoms with Gasteiger partial charge < -0.3 is 0 Å². The first-order chi connectivity index (χ1) is 6.36. The summed E-state index contributed by atoms with van der Waals surface area (Å²) in [6.07, 6.45) is 5.62.